The molecule has 2 nitrogen and oxygen atoms in total. The fourth-order valence-corrected chi connectivity index (χ4v) is 1.34. The van der Waals surface area contributed by atoms with Crippen molar-refractivity contribution in [2.75, 3.05) is 14.2 Å². The summed E-state index contributed by atoms with van der Waals surface area (Å²) in [6, 6.07) is 4.59. The summed E-state index contributed by atoms with van der Waals surface area (Å²) in [5.74, 6) is -0.234. The summed E-state index contributed by atoms with van der Waals surface area (Å²) in [7, 11) is 3.37. The first-order valence-corrected chi connectivity index (χ1v) is 4.62. The van der Waals surface area contributed by atoms with E-state index >= 15 is 0 Å². The number of hydrogen-bond acceptors (Lipinski definition) is 2. The molecule has 0 aromatic heterocycles. The average Bonchev–Trinajstić information content (AvgIpc) is 2.11. The predicted octanol–water partition coefficient (Wildman–Crippen LogP) is 2.58. The third-order valence-electron chi connectivity index (χ3n) is 1.71. The Balaban J connectivity index is 2.81. The van der Waals surface area contributed by atoms with Crippen molar-refractivity contribution >= 4 is 15.9 Å². The summed E-state index contributed by atoms with van der Waals surface area (Å²) in [5.41, 5.74) is 0.865. The highest BCUT2D eigenvalue weighted by molar-refractivity contribution is 9.10. The highest BCUT2D eigenvalue weighted by Crippen LogP contribution is 2.18. The molecule has 0 fully saturated rings. The lowest BCUT2D eigenvalue weighted by molar-refractivity contribution is -0.116. The molecule has 1 rings (SSSR count). The monoisotopic (exact) mass is 247 g/mol. The van der Waals surface area contributed by atoms with E-state index in [1.807, 2.05) is 0 Å². The molecule has 0 saturated carbocycles. The molecule has 0 saturated heterocycles. The minimum absolute atomic E-state index is 0.234. The maximum atomic E-state index is 12.8. The molecule has 1 aromatic carbocycles. The number of benzene rings is 1. The largest absolute Gasteiger partial charge is 0.302 e. The van der Waals surface area contributed by atoms with E-state index in [0.29, 0.717) is 6.54 Å². The minimum Gasteiger partial charge on any atom is -0.302 e. The summed E-state index contributed by atoms with van der Waals surface area (Å²) in [6.45, 7) is 0.550. The molecule has 0 aliphatic carbocycles. The van der Waals surface area contributed by atoms with Crippen molar-refractivity contribution < 1.29 is 9.23 Å². The van der Waals surface area contributed by atoms with Crippen LogP contribution in [0, 0.1) is 5.82 Å². The van der Waals surface area contributed by atoms with Crippen molar-refractivity contribution in [1.82, 2.24) is 5.06 Å². The molecule has 0 atom stereocenters. The van der Waals surface area contributed by atoms with Gasteiger partial charge in [0.05, 0.1) is 7.11 Å². The van der Waals surface area contributed by atoms with E-state index in [1.165, 1.54) is 12.1 Å². The lowest BCUT2D eigenvalue weighted by atomic mass is 10.2. The van der Waals surface area contributed by atoms with Gasteiger partial charge in [0.15, 0.2) is 0 Å². The lowest BCUT2D eigenvalue weighted by Gasteiger charge is -2.14. The molecule has 4 heteroatoms. The maximum Gasteiger partial charge on any atom is 0.123 e. The Morgan fingerprint density at radius 2 is 2.23 bits per heavy atom. The third-order valence-corrected chi connectivity index (χ3v) is 2.49. The molecular formula is C9H11BrFNO. The quantitative estimate of drug-likeness (QED) is 0.762. The van der Waals surface area contributed by atoms with Crippen LogP contribution < -0.4 is 0 Å². The zero-order chi connectivity index (χ0) is 9.84. The van der Waals surface area contributed by atoms with Gasteiger partial charge in [-0.05, 0) is 23.8 Å². The molecule has 72 valence electrons. The Bertz CT molecular complexity index is 293. The Hall–Kier alpha value is -0.450. The summed E-state index contributed by atoms with van der Waals surface area (Å²) >= 11 is 3.34. The fraction of sp³-hybridized carbons (Fsp3) is 0.333. The number of rotatable bonds is 3. The molecule has 0 amide bonds. The molecule has 0 N–H and O–H groups in total. The van der Waals surface area contributed by atoms with E-state index in [1.54, 1.807) is 25.3 Å². The molecular weight excluding hydrogens is 237 g/mol. The van der Waals surface area contributed by atoms with E-state index in [0.717, 1.165) is 10.0 Å². The summed E-state index contributed by atoms with van der Waals surface area (Å²) in [5, 5.41) is 1.62. The molecule has 13 heavy (non-hydrogen) atoms. The molecule has 0 aliphatic heterocycles. The molecule has 1 aromatic rings. The van der Waals surface area contributed by atoms with E-state index in [9.17, 15) is 4.39 Å². The Morgan fingerprint density at radius 3 is 2.85 bits per heavy atom. The van der Waals surface area contributed by atoms with Gasteiger partial charge in [-0.1, -0.05) is 15.9 Å². The van der Waals surface area contributed by atoms with Crippen molar-refractivity contribution in [1.29, 1.82) is 0 Å². The van der Waals surface area contributed by atoms with Crippen LogP contribution in [0.2, 0.25) is 0 Å². The Labute approximate surface area is 85.4 Å². The van der Waals surface area contributed by atoms with Gasteiger partial charge in [0, 0.05) is 18.1 Å². The molecule has 0 heterocycles. The van der Waals surface area contributed by atoms with Gasteiger partial charge in [-0.2, -0.15) is 5.06 Å². The first-order valence-electron chi connectivity index (χ1n) is 3.82. The Morgan fingerprint density at radius 1 is 1.54 bits per heavy atom. The summed E-state index contributed by atoms with van der Waals surface area (Å²) < 4.78 is 13.7. The zero-order valence-corrected chi connectivity index (χ0v) is 9.14. The van der Waals surface area contributed by atoms with Crippen molar-refractivity contribution in [3.63, 3.8) is 0 Å². The number of halogens is 2. The van der Waals surface area contributed by atoms with Crippen LogP contribution in [0.5, 0.6) is 0 Å². The van der Waals surface area contributed by atoms with Gasteiger partial charge < -0.3 is 4.84 Å². The van der Waals surface area contributed by atoms with Gasteiger partial charge in [-0.25, -0.2) is 4.39 Å². The van der Waals surface area contributed by atoms with E-state index < -0.39 is 0 Å². The molecule has 0 spiro atoms. The molecule has 0 bridgehead atoms. The van der Waals surface area contributed by atoms with Gasteiger partial charge in [-0.3, -0.25) is 0 Å². The van der Waals surface area contributed by atoms with Gasteiger partial charge >= 0.3 is 0 Å². The second kappa shape index (κ2) is 4.69. The summed E-state index contributed by atoms with van der Waals surface area (Å²) in [6.07, 6.45) is 0. The van der Waals surface area contributed by atoms with E-state index in [4.69, 9.17) is 4.84 Å². The fourth-order valence-electron chi connectivity index (χ4n) is 0.969. The van der Waals surface area contributed by atoms with Crippen LogP contribution in [0.25, 0.3) is 0 Å². The molecule has 0 aliphatic rings. The minimum atomic E-state index is -0.234. The first-order chi connectivity index (χ1) is 6.13. The van der Waals surface area contributed by atoms with Gasteiger partial charge in [0.25, 0.3) is 0 Å². The van der Waals surface area contributed by atoms with Crippen molar-refractivity contribution in [2.24, 2.45) is 0 Å². The van der Waals surface area contributed by atoms with Gasteiger partial charge in [0.1, 0.15) is 5.82 Å². The topological polar surface area (TPSA) is 12.5 Å². The van der Waals surface area contributed by atoms with Crippen LogP contribution in [-0.4, -0.2) is 19.2 Å². The first kappa shape index (κ1) is 10.6. The number of nitrogens with zero attached hydrogens (tertiary/aromatic N) is 1. The molecule has 0 radical (unpaired) electrons. The van der Waals surface area contributed by atoms with Crippen LogP contribution in [0.15, 0.2) is 22.7 Å². The smallest absolute Gasteiger partial charge is 0.123 e. The van der Waals surface area contributed by atoms with Crippen molar-refractivity contribution in [2.45, 2.75) is 6.54 Å². The lowest BCUT2D eigenvalue weighted by Crippen LogP contribution is -2.16. The highest BCUT2D eigenvalue weighted by atomic mass is 79.9. The Kier molecular flexibility index (Phi) is 3.84. The number of hydrogen-bond donors (Lipinski definition) is 0. The van der Waals surface area contributed by atoms with Crippen molar-refractivity contribution in [3.8, 4) is 0 Å². The maximum absolute atomic E-state index is 12.8. The van der Waals surface area contributed by atoms with Crippen LogP contribution in [0.3, 0.4) is 0 Å². The number of hydroxylamine groups is 2. The third kappa shape index (κ3) is 3.06. The van der Waals surface area contributed by atoms with Crippen LogP contribution in [-0.2, 0) is 11.4 Å². The second-order valence-corrected chi connectivity index (χ2v) is 3.56. The van der Waals surface area contributed by atoms with E-state index in [2.05, 4.69) is 15.9 Å². The second-order valence-electron chi connectivity index (χ2n) is 2.70. The standard InChI is InChI=1S/C9H11BrFNO/c1-12(13-2)6-7-5-8(11)3-4-9(7)10/h3-5H,6H2,1-2H3. The van der Waals surface area contributed by atoms with Gasteiger partial charge in [-0.15, -0.1) is 0 Å². The van der Waals surface area contributed by atoms with E-state index in [-0.39, 0.29) is 5.82 Å². The zero-order valence-electron chi connectivity index (χ0n) is 7.55. The highest BCUT2D eigenvalue weighted by Gasteiger charge is 2.04. The van der Waals surface area contributed by atoms with Crippen LogP contribution in [0.4, 0.5) is 4.39 Å². The van der Waals surface area contributed by atoms with Crippen LogP contribution >= 0.6 is 15.9 Å². The average molecular weight is 248 g/mol. The molecule has 0 unspecified atom stereocenters. The predicted molar refractivity (Wildman–Crippen MR) is 52.6 cm³/mol. The normalized spacial score (nSPS) is 10.8. The SMILES string of the molecule is CON(C)Cc1cc(F)ccc1Br. The van der Waals surface area contributed by atoms with Crippen LogP contribution in [0.1, 0.15) is 5.56 Å². The summed E-state index contributed by atoms with van der Waals surface area (Å²) in [4.78, 5) is 4.94. The van der Waals surface area contributed by atoms with Crippen molar-refractivity contribution in [3.05, 3.63) is 34.1 Å². The van der Waals surface area contributed by atoms with Gasteiger partial charge in [0.2, 0.25) is 0 Å².